The summed E-state index contributed by atoms with van der Waals surface area (Å²) in [5.41, 5.74) is 1.48. The molecule has 0 spiro atoms. The van der Waals surface area contributed by atoms with Gasteiger partial charge in [-0.25, -0.2) is 0 Å². The van der Waals surface area contributed by atoms with Crippen molar-refractivity contribution in [2.24, 2.45) is 0 Å². The van der Waals surface area contributed by atoms with E-state index in [1.165, 1.54) is 4.90 Å². The maximum atomic E-state index is 12.4. The van der Waals surface area contributed by atoms with Crippen molar-refractivity contribution in [2.45, 2.75) is 31.6 Å². The molecule has 0 bridgehead atoms. The third-order valence-electron chi connectivity index (χ3n) is 4.15. The van der Waals surface area contributed by atoms with Crippen molar-refractivity contribution in [1.29, 1.82) is 0 Å². The molecular weight excluding hydrogens is 290 g/mol. The van der Waals surface area contributed by atoms with Crippen molar-refractivity contribution in [2.75, 3.05) is 7.05 Å². The van der Waals surface area contributed by atoms with Crippen LogP contribution in [0.5, 0.6) is 0 Å². The quantitative estimate of drug-likeness (QED) is 0.862. The summed E-state index contributed by atoms with van der Waals surface area (Å²) in [5.74, 6) is -0.205. The molecule has 0 saturated heterocycles. The Morgan fingerprint density at radius 3 is 1.96 bits per heavy atom. The summed E-state index contributed by atoms with van der Waals surface area (Å²) in [6, 6.07) is 18.0. The second-order valence-corrected chi connectivity index (χ2v) is 5.73. The summed E-state index contributed by atoms with van der Waals surface area (Å²) >= 11 is 0. The highest BCUT2D eigenvalue weighted by atomic mass is 16.3. The van der Waals surface area contributed by atoms with Crippen LogP contribution in [0.1, 0.15) is 36.7 Å². The zero-order chi connectivity index (χ0) is 16.8. The number of hydrogen-bond acceptors (Lipinski definition) is 3. The molecule has 0 unspecified atom stereocenters. The maximum absolute atomic E-state index is 12.4. The first-order valence-electron chi connectivity index (χ1n) is 7.72. The Bertz CT molecular complexity index is 615. The molecule has 1 amide bonds. The summed E-state index contributed by atoms with van der Waals surface area (Å²) < 4.78 is 0. The zero-order valence-corrected chi connectivity index (χ0v) is 13.5. The van der Waals surface area contributed by atoms with Crippen LogP contribution in [0.3, 0.4) is 0 Å². The lowest BCUT2D eigenvalue weighted by molar-refractivity contribution is -0.136. The molecule has 0 radical (unpaired) electrons. The summed E-state index contributed by atoms with van der Waals surface area (Å²) in [5, 5.41) is 20.6. The summed E-state index contributed by atoms with van der Waals surface area (Å²) in [4.78, 5) is 13.8. The van der Waals surface area contributed by atoms with Crippen LogP contribution in [0.25, 0.3) is 0 Å². The molecule has 2 rings (SSSR count). The van der Waals surface area contributed by atoms with E-state index in [2.05, 4.69) is 0 Å². The van der Waals surface area contributed by atoms with E-state index in [0.29, 0.717) is 5.56 Å². The molecule has 122 valence electrons. The minimum Gasteiger partial charge on any atom is -0.388 e. The topological polar surface area (TPSA) is 60.8 Å². The van der Waals surface area contributed by atoms with Crippen LogP contribution in [0, 0.1) is 0 Å². The van der Waals surface area contributed by atoms with Crippen LogP contribution in [0.15, 0.2) is 60.7 Å². The largest absolute Gasteiger partial charge is 0.388 e. The summed E-state index contributed by atoms with van der Waals surface area (Å²) in [6.45, 7) is 1.80. The molecule has 4 heteroatoms. The first-order valence-corrected chi connectivity index (χ1v) is 7.72. The van der Waals surface area contributed by atoms with Gasteiger partial charge in [-0.2, -0.15) is 0 Å². The van der Waals surface area contributed by atoms with Crippen molar-refractivity contribution in [1.82, 2.24) is 4.90 Å². The summed E-state index contributed by atoms with van der Waals surface area (Å²) in [6.07, 6.45) is -1.61. The van der Waals surface area contributed by atoms with E-state index in [9.17, 15) is 15.0 Å². The van der Waals surface area contributed by atoms with Gasteiger partial charge in [-0.1, -0.05) is 60.7 Å². The number of amides is 1. The van der Waals surface area contributed by atoms with E-state index in [1.807, 2.05) is 48.5 Å². The van der Waals surface area contributed by atoms with Gasteiger partial charge in [0, 0.05) is 7.05 Å². The van der Waals surface area contributed by atoms with Gasteiger partial charge >= 0.3 is 0 Å². The monoisotopic (exact) mass is 313 g/mol. The van der Waals surface area contributed by atoms with E-state index < -0.39 is 12.2 Å². The molecule has 0 fully saturated rings. The molecular formula is C19H23NO3. The molecule has 4 nitrogen and oxygen atoms in total. The average molecular weight is 313 g/mol. The maximum Gasteiger partial charge on any atom is 0.225 e. The van der Waals surface area contributed by atoms with Gasteiger partial charge in [-0.3, -0.25) is 4.79 Å². The minimum atomic E-state index is -0.841. The third kappa shape index (κ3) is 4.41. The fourth-order valence-corrected chi connectivity index (χ4v) is 2.47. The molecule has 2 N–H and O–H groups in total. The van der Waals surface area contributed by atoms with E-state index in [-0.39, 0.29) is 18.4 Å². The number of aliphatic hydroxyl groups is 2. The van der Waals surface area contributed by atoms with Crippen molar-refractivity contribution in [3.8, 4) is 0 Å². The van der Waals surface area contributed by atoms with Crippen LogP contribution < -0.4 is 0 Å². The van der Waals surface area contributed by atoms with E-state index in [0.717, 1.165) is 5.56 Å². The van der Waals surface area contributed by atoms with Gasteiger partial charge in [0.15, 0.2) is 0 Å². The highest BCUT2D eigenvalue weighted by molar-refractivity contribution is 5.77. The number of carbonyl (C=O) groups excluding carboxylic acids is 1. The molecule has 0 aliphatic rings. The fraction of sp³-hybridized carbons (Fsp3) is 0.316. The van der Waals surface area contributed by atoms with Crippen molar-refractivity contribution in [3.63, 3.8) is 0 Å². The van der Waals surface area contributed by atoms with Crippen molar-refractivity contribution >= 4 is 5.91 Å². The lowest BCUT2D eigenvalue weighted by atomic mass is 10.0. The standard InChI is InChI=1S/C19H23NO3/c1-14(19(23)16-11-7-4-8-12-16)20(2)18(22)13-17(21)15-9-5-3-6-10-15/h3-12,14,17,19,21,23H,13H2,1-2H3/t14-,17-,19+/m0/s1. The molecule has 0 aliphatic heterocycles. The number of carbonyl (C=O) groups is 1. The molecule has 0 saturated carbocycles. The highest BCUT2D eigenvalue weighted by Gasteiger charge is 2.25. The van der Waals surface area contributed by atoms with Crippen LogP contribution in [0.4, 0.5) is 0 Å². The van der Waals surface area contributed by atoms with Crippen molar-refractivity contribution < 1.29 is 15.0 Å². The molecule has 2 aromatic carbocycles. The number of hydrogen-bond donors (Lipinski definition) is 2. The summed E-state index contributed by atoms with van der Waals surface area (Å²) in [7, 11) is 1.65. The van der Waals surface area contributed by atoms with Crippen LogP contribution in [0.2, 0.25) is 0 Å². The van der Waals surface area contributed by atoms with E-state index in [1.54, 1.807) is 26.1 Å². The van der Waals surface area contributed by atoms with Gasteiger partial charge < -0.3 is 15.1 Å². The Hall–Kier alpha value is -2.17. The van der Waals surface area contributed by atoms with Gasteiger partial charge in [-0.15, -0.1) is 0 Å². The average Bonchev–Trinajstić information content (AvgIpc) is 2.61. The Labute approximate surface area is 137 Å². The zero-order valence-electron chi connectivity index (χ0n) is 13.5. The van der Waals surface area contributed by atoms with Gasteiger partial charge in [-0.05, 0) is 18.1 Å². The van der Waals surface area contributed by atoms with E-state index >= 15 is 0 Å². The predicted molar refractivity (Wildman–Crippen MR) is 89.7 cm³/mol. The molecule has 23 heavy (non-hydrogen) atoms. The van der Waals surface area contributed by atoms with Crippen molar-refractivity contribution in [3.05, 3.63) is 71.8 Å². The predicted octanol–water partition coefficient (Wildman–Crippen LogP) is 2.69. The Morgan fingerprint density at radius 1 is 0.957 bits per heavy atom. The van der Waals surface area contributed by atoms with E-state index in [4.69, 9.17) is 0 Å². The van der Waals surface area contributed by atoms with Gasteiger partial charge in [0.05, 0.1) is 24.7 Å². The number of nitrogens with zero attached hydrogens (tertiary/aromatic N) is 1. The van der Waals surface area contributed by atoms with Gasteiger partial charge in [0.2, 0.25) is 5.91 Å². The van der Waals surface area contributed by atoms with Gasteiger partial charge in [0.25, 0.3) is 0 Å². The first kappa shape index (κ1) is 17.2. The molecule has 2 aromatic rings. The normalized spacial score (nSPS) is 14.8. The van der Waals surface area contributed by atoms with Gasteiger partial charge in [0.1, 0.15) is 0 Å². The lowest BCUT2D eigenvalue weighted by Crippen LogP contribution is -2.39. The molecule has 3 atom stereocenters. The number of likely N-dealkylation sites (N-methyl/N-ethyl adjacent to an activating group) is 1. The van der Waals surface area contributed by atoms with Crippen LogP contribution >= 0.6 is 0 Å². The number of benzene rings is 2. The smallest absolute Gasteiger partial charge is 0.225 e. The number of aliphatic hydroxyl groups excluding tert-OH is 2. The molecule has 0 aliphatic carbocycles. The Balaban J connectivity index is 1.99. The second kappa shape index (κ2) is 7.90. The van der Waals surface area contributed by atoms with Crippen LogP contribution in [-0.4, -0.2) is 34.1 Å². The Kier molecular flexibility index (Phi) is 5.90. The SMILES string of the molecule is C[C@@H]([C@@H](O)c1ccccc1)N(C)C(=O)C[C@H](O)c1ccccc1. The number of rotatable bonds is 6. The molecule has 0 heterocycles. The third-order valence-corrected chi connectivity index (χ3v) is 4.15. The highest BCUT2D eigenvalue weighted by Crippen LogP contribution is 2.22. The Morgan fingerprint density at radius 2 is 1.43 bits per heavy atom. The lowest BCUT2D eigenvalue weighted by Gasteiger charge is -2.30. The minimum absolute atomic E-state index is 0.00758. The first-order chi connectivity index (χ1) is 11.0. The second-order valence-electron chi connectivity index (χ2n) is 5.73. The van der Waals surface area contributed by atoms with Crippen LogP contribution in [-0.2, 0) is 4.79 Å². The molecule has 0 aromatic heterocycles. The fourth-order valence-electron chi connectivity index (χ4n) is 2.47.